The maximum atomic E-state index is 13.6. The van der Waals surface area contributed by atoms with Crippen molar-refractivity contribution in [2.24, 2.45) is 0 Å². The van der Waals surface area contributed by atoms with Crippen molar-refractivity contribution >= 4 is 29.0 Å². The van der Waals surface area contributed by atoms with Crippen LogP contribution in [0.25, 0.3) is 0 Å². The Bertz CT molecular complexity index is 1290. The molecule has 0 bridgehead atoms. The van der Waals surface area contributed by atoms with Gasteiger partial charge >= 0.3 is 6.03 Å². The number of methoxy groups -OCH3 is 4. The smallest absolute Gasteiger partial charge is 0.322 e. The van der Waals surface area contributed by atoms with E-state index >= 15 is 0 Å². The summed E-state index contributed by atoms with van der Waals surface area (Å²) in [6.45, 7) is 6.79. The van der Waals surface area contributed by atoms with E-state index in [1.54, 1.807) is 54.7 Å². The molecule has 2 aromatic carbocycles. The minimum Gasteiger partial charge on any atom is -0.497 e. The number of nitrogens with zero attached hydrogens (tertiary/aromatic N) is 2. The van der Waals surface area contributed by atoms with Crippen LogP contribution in [0.5, 0.6) is 23.0 Å². The second-order valence-electron chi connectivity index (χ2n) is 8.97. The van der Waals surface area contributed by atoms with Crippen molar-refractivity contribution in [2.75, 3.05) is 53.4 Å². The third kappa shape index (κ3) is 8.41. The van der Waals surface area contributed by atoms with Crippen LogP contribution < -0.4 is 24.3 Å². The summed E-state index contributed by atoms with van der Waals surface area (Å²) in [5.74, 6) is 2.18. The third-order valence-corrected chi connectivity index (χ3v) is 7.16. The molecule has 1 heterocycles. The summed E-state index contributed by atoms with van der Waals surface area (Å²) in [6.07, 6.45) is 2.20. The molecular weight excluding hydrogens is 530 g/mol. The number of ether oxygens (including phenoxy) is 4. The van der Waals surface area contributed by atoms with E-state index in [-0.39, 0.29) is 19.0 Å². The molecular formula is C30H37N3O6S. The Hall–Kier alpha value is -4.18. The number of rotatable bonds is 14. The van der Waals surface area contributed by atoms with Crippen LogP contribution in [0.15, 0.2) is 61.2 Å². The quantitative estimate of drug-likeness (QED) is 0.263. The van der Waals surface area contributed by atoms with E-state index in [1.165, 1.54) is 24.0 Å². The van der Waals surface area contributed by atoms with Crippen LogP contribution in [-0.2, 0) is 17.8 Å². The van der Waals surface area contributed by atoms with Crippen LogP contribution in [-0.4, -0.2) is 69.8 Å². The first-order valence-electron chi connectivity index (χ1n) is 12.7. The van der Waals surface area contributed by atoms with Crippen molar-refractivity contribution in [3.8, 4) is 23.0 Å². The molecule has 214 valence electrons. The molecule has 0 unspecified atom stereocenters. The highest BCUT2D eigenvalue weighted by molar-refractivity contribution is 7.11. The van der Waals surface area contributed by atoms with Gasteiger partial charge in [-0.25, -0.2) is 4.79 Å². The zero-order chi connectivity index (χ0) is 29.1. The lowest BCUT2D eigenvalue weighted by molar-refractivity contribution is -0.132. The van der Waals surface area contributed by atoms with E-state index in [0.717, 1.165) is 10.4 Å². The van der Waals surface area contributed by atoms with Crippen LogP contribution in [0.1, 0.15) is 15.3 Å². The van der Waals surface area contributed by atoms with Crippen LogP contribution in [0, 0.1) is 6.92 Å². The van der Waals surface area contributed by atoms with Gasteiger partial charge < -0.3 is 34.1 Å². The summed E-state index contributed by atoms with van der Waals surface area (Å²) in [5, 5.41) is 2.84. The molecule has 3 amide bonds. The SMILES string of the molecule is C=CCN(CC(=O)N(CCc1ccc(OC)c(OC)c1)Cc1ccc(C)s1)C(=O)Nc1cc(OC)cc(OC)c1. The number of urea groups is 1. The average molecular weight is 568 g/mol. The summed E-state index contributed by atoms with van der Waals surface area (Å²) in [5.41, 5.74) is 1.49. The molecule has 0 aliphatic carbocycles. The van der Waals surface area contributed by atoms with E-state index in [9.17, 15) is 9.59 Å². The van der Waals surface area contributed by atoms with Gasteiger partial charge in [-0.05, 0) is 43.2 Å². The fourth-order valence-electron chi connectivity index (χ4n) is 4.07. The molecule has 40 heavy (non-hydrogen) atoms. The van der Waals surface area contributed by atoms with Crippen molar-refractivity contribution in [3.63, 3.8) is 0 Å². The Morgan fingerprint density at radius 3 is 2.17 bits per heavy atom. The van der Waals surface area contributed by atoms with E-state index < -0.39 is 6.03 Å². The highest BCUT2D eigenvalue weighted by atomic mass is 32.1. The molecule has 0 saturated heterocycles. The van der Waals surface area contributed by atoms with E-state index in [0.29, 0.717) is 48.2 Å². The molecule has 1 aromatic heterocycles. The number of carbonyl (C=O) groups excluding carboxylic acids is 2. The zero-order valence-corrected chi connectivity index (χ0v) is 24.5. The largest absolute Gasteiger partial charge is 0.497 e. The second-order valence-corrected chi connectivity index (χ2v) is 10.3. The lowest BCUT2D eigenvalue weighted by Gasteiger charge is -2.27. The molecule has 0 radical (unpaired) electrons. The highest BCUT2D eigenvalue weighted by Crippen LogP contribution is 2.28. The molecule has 1 N–H and O–H groups in total. The number of thiophene rings is 1. The highest BCUT2D eigenvalue weighted by Gasteiger charge is 2.22. The Morgan fingerprint density at radius 1 is 0.900 bits per heavy atom. The van der Waals surface area contributed by atoms with Gasteiger partial charge in [0, 0.05) is 46.7 Å². The standard InChI is InChI=1S/C30H37N3O6S/c1-7-13-33(30(35)31-23-16-24(36-3)18-25(17-23)37-4)20-29(34)32(19-26-10-8-21(2)40-26)14-12-22-9-11-27(38-5)28(15-22)39-6/h7-11,15-18H,1,12-14,19-20H2,2-6H3,(H,31,35). The number of nitrogens with one attached hydrogen (secondary N) is 1. The van der Waals surface area contributed by atoms with Crippen LogP contribution >= 0.6 is 11.3 Å². The first-order chi connectivity index (χ1) is 19.3. The van der Waals surface area contributed by atoms with Crippen molar-refractivity contribution in [2.45, 2.75) is 19.9 Å². The minimum atomic E-state index is -0.435. The Balaban J connectivity index is 1.77. The summed E-state index contributed by atoms with van der Waals surface area (Å²) in [7, 11) is 6.26. The topological polar surface area (TPSA) is 89.6 Å². The van der Waals surface area contributed by atoms with Gasteiger partial charge in [-0.3, -0.25) is 4.79 Å². The van der Waals surface area contributed by atoms with E-state index in [2.05, 4.69) is 11.9 Å². The molecule has 0 aliphatic rings. The molecule has 3 aromatic rings. The summed E-state index contributed by atoms with van der Waals surface area (Å²) in [6, 6.07) is 14.4. The summed E-state index contributed by atoms with van der Waals surface area (Å²) in [4.78, 5) is 32.3. The van der Waals surface area contributed by atoms with Gasteiger partial charge in [0.25, 0.3) is 0 Å². The van der Waals surface area contributed by atoms with E-state index in [4.69, 9.17) is 18.9 Å². The molecule has 9 nitrogen and oxygen atoms in total. The van der Waals surface area contributed by atoms with Crippen LogP contribution in [0.2, 0.25) is 0 Å². The van der Waals surface area contributed by atoms with Crippen LogP contribution in [0.3, 0.4) is 0 Å². The maximum Gasteiger partial charge on any atom is 0.322 e. The van der Waals surface area contributed by atoms with Crippen molar-refractivity contribution in [3.05, 3.63) is 76.5 Å². The van der Waals surface area contributed by atoms with Crippen molar-refractivity contribution in [1.82, 2.24) is 9.80 Å². The number of benzene rings is 2. The van der Waals surface area contributed by atoms with Gasteiger partial charge in [0.15, 0.2) is 11.5 Å². The molecule has 3 rings (SSSR count). The molecule has 0 aliphatic heterocycles. The summed E-state index contributed by atoms with van der Waals surface area (Å²) >= 11 is 1.65. The number of hydrogen-bond acceptors (Lipinski definition) is 7. The molecule has 0 spiro atoms. The fraction of sp³-hybridized carbons (Fsp3) is 0.333. The van der Waals surface area contributed by atoms with Gasteiger partial charge in [-0.2, -0.15) is 0 Å². The number of amides is 3. The minimum absolute atomic E-state index is 0.116. The first-order valence-corrected chi connectivity index (χ1v) is 13.6. The predicted octanol–water partition coefficient (Wildman–Crippen LogP) is 5.38. The lowest BCUT2D eigenvalue weighted by Crippen LogP contribution is -2.44. The molecule has 0 atom stereocenters. The monoisotopic (exact) mass is 567 g/mol. The number of aryl methyl sites for hydroxylation is 1. The lowest BCUT2D eigenvalue weighted by atomic mass is 10.1. The third-order valence-electron chi connectivity index (χ3n) is 6.18. The summed E-state index contributed by atoms with van der Waals surface area (Å²) < 4.78 is 21.4. The normalized spacial score (nSPS) is 10.4. The second kappa shape index (κ2) is 14.8. The van der Waals surface area contributed by atoms with Gasteiger partial charge in [0.1, 0.15) is 18.0 Å². The Kier molecular flexibility index (Phi) is 11.3. The average Bonchev–Trinajstić information content (AvgIpc) is 3.38. The number of hydrogen-bond donors (Lipinski definition) is 1. The van der Waals surface area contributed by atoms with Crippen molar-refractivity contribution < 1.29 is 28.5 Å². The van der Waals surface area contributed by atoms with Gasteiger partial charge in [-0.1, -0.05) is 12.1 Å². The Morgan fingerprint density at radius 2 is 1.60 bits per heavy atom. The molecule has 0 fully saturated rings. The maximum absolute atomic E-state index is 13.6. The first kappa shape index (κ1) is 30.4. The van der Waals surface area contributed by atoms with Crippen molar-refractivity contribution in [1.29, 1.82) is 0 Å². The molecule has 10 heteroatoms. The van der Waals surface area contributed by atoms with E-state index in [1.807, 2.05) is 37.3 Å². The Labute approximate surface area is 239 Å². The zero-order valence-electron chi connectivity index (χ0n) is 23.7. The number of anilines is 1. The molecule has 0 saturated carbocycles. The number of carbonyl (C=O) groups is 2. The van der Waals surface area contributed by atoms with Gasteiger partial charge in [0.05, 0.1) is 35.0 Å². The fourth-order valence-corrected chi connectivity index (χ4v) is 4.98. The van der Waals surface area contributed by atoms with Gasteiger partial charge in [-0.15, -0.1) is 17.9 Å². The van der Waals surface area contributed by atoms with Gasteiger partial charge in [0.2, 0.25) is 5.91 Å². The predicted molar refractivity (Wildman–Crippen MR) is 158 cm³/mol. The van der Waals surface area contributed by atoms with Crippen LogP contribution in [0.4, 0.5) is 10.5 Å².